The molecule has 0 N–H and O–H groups in total. The van der Waals surface area contributed by atoms with Crippen molar-refractivity contribution in [2.75, 3.05) is 6.61 Å². The van der Waals surface area contributed by atoms with E-state index in [0.29, 0.717) is 12.4 Å². The first-order chi connectivity index (χ1) is 10.0. The van der Waals surface area contributed by atoms with Crippen molar-refractivity contribution in [3.05, 3.63) is 23.3 Å². The molecule has 0 aromatic rings. The maximum Gasteiger partial charge on any atom is 0.192 e. The molecule has 3 heteroatoms. The van der Waals surface area contributed by atoms with Crippen LogP contribution in [0.1, 0.15) is 53.4 Å². The summed E-state index contributed by atoms with van der Waals surface area (Å²) in [5.74, 6) is 0.406. The second kappa shape index (κ2) is 4.67. The fraction of sp³-hybridized carbons (Fsp3) is 0.737. The molecule has 1 atom stereocenters. The van der Waals surface area contributed by atoms with E-state index in [4.69, 9.17) is 4.43 Å². The van der Waals surface area contributed by atoms with Gasteiger partial charge in [-0.1, -0.05) is 38.5 Å². The Balaban J connectivity index is 1.88. The van der Waals surface area contributed by atoms with Crippen LogP contribution in [0.2, 0.25) is 18.1 Å². The van der Waals surface area contributed by atoms with Gasteiger partial charge in [-0.3, -0.25) is 4.79 Å². The van der Waals surface area contributed by atoms with Crippen LogP contribution in [-0.4, -0.2) is 20.7 Å². The minimum absolute atomic E-state index is 0.114. The van der Waals surface area contributed by atoms with E-state index >= 15 is 0 Å². The third-order valence-electron chi connectivity index (χ3n) is 6.65. The van der Waals surface area contributed by atoms with E-state index in [-0.39, 0.29) is 15.9 Å². The molecule has 122 valence electrons. The number of carbonyl (C=O) groups is 1. The first-order valence-electron chi connectivity index (χ1n) is 8.64. The summed E-state index contributed by atoms with van der Waals surface area (Å²) in [5.41, 5.74) is 2.12. The van der Waals surface area contributed by atoms with Gasteiger partial charge < -0.3 is 4.43 Å². The van der Waals surface area contributed by atoms with Gasteiger partial charge in [0, 0.05) is 17.6 Å². The quantitative estimate of drug-likeness (QED) is 0.539. The lowest BCUT2D eigenvalue weighted by Crippen LogP contribution is -2.45. The molecule has 0 amide bonds. The highest BCUT2D eigenvalue weighted by atomic mass is 28.4. The molecule has 0 heterocycles. The first-order valence-corrected chi connectivity index (χ1v) is 11.5. The molecule has 0 radical (unpaired) electrons. The van der Waals surface area contributed by atoms with Gasteiger partial charge in [-0.15, -0.1) is 0 Å². The average Bonchev–Trinajstić information content (AvgIpc) is 3.10. The number of ketones is 1. The van der Waals surface area contributed by atoms with Gasteiger partial charge in [0.2, 0.25) is 0 Å². The predicted molar refractivity (Wildman–Crippen MR) is 93.3 cm³/mol. The fourth-order valence-corrected chi connectivity index (χ4v) is 4.79. The van der Waals surface area contributed by atoms with Gasteiger partial charge in [-0.2, -0.15) is 0 Å². The standard InChI is InChI=1S/C19H30O2Si/c1-14-12-18(13-21-22(5,6)17(2,3)4)9-7-8-15(18)16(20)19(14)10-11-19/h8,12H,7,9-11,13H2,1-6H3/t18-/m0/s1. The Labute approximate surface area is 136 Å². The van der Waals surface area contributed by atoms with E-state index in [1.807, 2.05) is 0 Å². The Morgan fingerprint density at radius 3 is 2.41 bits per heavy atom. The normalized spacial score (nSPS) is 30.2. The molecule has 2 nitrogen and oxygen atoms in total. The number of hydrogen-bond donors (Lipinski definition) is 0. The number of allylic oxidation sites excluding steroid dienone is 2. The topological polar surface area (TPSA) is 26.3 Å². The lowest BCUT2D eigenvalue weighted by molar-refractivity contribution is -0.120. The molecule has 0 aliphatic heterocycles. The monoisotopic (exact) mass is 318 g/mol. The highest BCUT2D eigenvalue weighted by Gasteiger charge is 2.59. The van der Waals surface area contributed by atoms with Crippen LogP contribution in [0, 0.1) is 10.8 Å². The molecule has 0 bridgehead atoms. The predicted octanol–water partition coefficient (Wildman–Crippen LogP) is 5.02. The number of rotatable bonds is 3. The molecule has 22 heavy (non-hydrogen) atoms. The van der Waals surface area contributed by atoms with Crippen LogP contribution in [0.25, 0.3) is 0 Å². The van der Waals surface area contributed by atoms with Gasteiger partial charge in [0.25, 0.3) is 0 Å². The highest BCUT2D eigenvalue weighted by molar-refractivity contribution is 6.74. The molecule has 0 saturated heterocycles. The summed E-state index contributed by atoms with van der Waals surface area (Å²) in [6.07, 6.45) is 8.74. The fourth-order valence-electron chi connectivity index (χ4n) is 3.73. The zero-order valence-corrected chi connectivity index (χ0v) is 16.0. The Morgan fingerprint density at radius 1 is 1.23 bits per heavy atom. The van der Waals surface area contributed by atoms with Crippen molar-refractivity contribution < 1.29 is 9.22 Å². The van der Waals surface area contributed by atoms with Gasteiger partial charge in [0.05, 0.1) is 5.41 Å². The Hall–Kier alpha value is -0.673. The van der Waals surface area contributed by atoms with Crippen molar-refractivity contribution in [1.82, 2.24) is 0 Å². The van der Waals surface area contributed by atoms with Crippen LogP contribution in [0.4, 0.5) is 0 Å². The second-order valence-corrected chi connectivity index (χ2v) is 13.9. The highest BCUT2D eigenvalue weighted by Crippen LogP contribution is 2.61. The Kier molecular flexibility index (Phi) is 3.44. The van der Waals surface area contributed by atoms with Crippen LogP contribution in [0.3, 0.4) is 0 Å². The Bertz CT molecular complexity index is 573. The van der Waals surface area contributed by atoms with Gasteiger partial charge >= 0.3 is 0 Å². The van der Waals surface area contributed by atoms with Gasteiger partial charge in [0.15, 0.2) is 14.1 Å². The van der Waals surface area contributed by atoms with E-state index in [1.165, 1.54) is 5.57 Å². The van der Waals surface area contributed by atoms with Gasteiger partial charge in [0.1, 0.15) is 0 Å². The molecular formula is C19H30O2Si. The lowest BCUT2D eigenvalue weighted by Gasteiger charge is -2.42. The van der Waals surface area contributed by atoms with Gasteiger partial charge in [-0.25, -0.2) is 0 Å². The summed E-state index contributed by atoms with van der Waals surface area (Å²) in [6, 6.07) is 0. The van der Waals surface area contributed by atoms with Crippen LogP contribution in [0.5, 0.6) is 0 Å². The smallest absolute Gasteiger partial charge is 0.192 e. The van der Waals surface area contributed by atoms with Crippen LogP contribution in [0.15, 0.2) is 23.3 Å². The molecule has 0 aromatic heterocycles. The SMILES string of the molecule is CC1=C[C@]2(CO[Si](C)(C)C(C)(C)C)CCC=C2C(=O)C12CC2. The lowest BCUT2D eigenvalue weighted by atomic mass is 9.68. The molecule has 0 aromatic carbocycles. The van der Waals surface area contributed by atoms with E-state index in [0.717, 1.165) is 31.3 Å². The van der Waals surface area contributed by atoms with Crippen molar-refractivity contribution in [2.24, 2.45) is 10.8 Å². The number of hydrogen-bond acceptors (Lipinski definition) is 2. The summed E-state index contributed by atoms with van der Waals surface area (Å²) >= 11 is 0. The zero-order chi connectivity index (χ0) is 16.4. The number of Topliss-reactive ketones (excluding diaryl/α,β-unsaturated/α-hetero) is 1. The summed E-state index contributed by atoms with van der Waals surface area (Å²) in [4.78, 5) is 13.0. The van der Waals surface area contributed by atoms with E-state index in [9.17, 15) is 4.79 Å². The van der Waals surface area contributed by atoms with Crippen molar-refractivity contribution in [3.63, 3.8) is 0 Å². The maximum absolute atomic E-state index is 13.0. The third kappa shape index (κ3) is 2.20. The summed E-state index contributed by atoms with van der Waals surface area (Å²) in [7, 11) is -1.79. The van der Waals surface area contributed by atoms with Crippen molar-refractivity contribution in [3.8, 4) is 0 Å². The summed E-state index contributed by atoms with van der Waals surface area (Å²) < 4.78 is 6.52. The van der Waals surface area contributed by atoms with Crippen molar-refractivity contribution in [2.45, 2.75) is 71.5 Å². The van der Waals surface area contributed by atoms with Gasteiger partial charge in [-0.05, 0) is 50.7 Å². The molecule has 1 fully saturated rings. The van der Waals surface area contributed by atoms with Crippen LogP contribution < -0.4 is 0 Å². The van der Waals surface area contributed by atoms with E-state index in [2.05, 4.69) is 52.9 Å². The van der Waals surface area contributed by atoms with Crippen molar-refractivity contribution in [1.29, 1.82) is 0 Å². The molecule has 3 aliphatic carbocycles. The largest absolute Gasteiger partial charge is 0.416 e. The molecule has 0 unspecified atom stereocenters. The maximum atomic E-state index is 13.0. The molecule has 3 aliphatic rings. The van der Waals surface area contributed by atoms with Crippen LogP contribution >= 0.6 is 0 Å². The third-order valence-corrected chi connectivity index (χ3v) is 11.1. The summed E-state index contributed by atoms with van der Waals surface area (Å²) in [6.45, 7) is 14.3. The average molecular weight is 319 g/mol. The zero-order valence-electron chi connectivity index (χ0n) is 15.0. The van der Waals surface area contributed by atoms with E-state index < -0.39 is 8.32 Å². The van der Waals surface area contributed by atoms with Crippen LogP contribution in [-0.2, 0) is 9.22 Å². The molecule has 1 spiro atoms. The minimum Gasteiger partial charge on any atom is -0.416 e. The Morgan fingerprint density at radius 2 is 1.86 bits per heavy atom. The molecular weight excluding hydrogens is 288 g/mol. The molecule has 1 saturated carbocycles. The minimum atomic E-state index is -1.79. The first kappa shape index (κ1) is 16.2. The molecule has 3 rings (SSSR count). The van der Waals surface area contributed by atoms with Crippen molar-refractivity contribution >= 4 is 14.1 Å². The van der Waals surface area contributed by atoms with E-state index in [1.54, 1.807) is 0 Å². The number of fused-ring (bicyclic) bond motifs is 1. The summed E-state index contributed by atoms with van der Waals surface area (Å²) in [5, 5.41) is 0.210. The second-order valence-electron chi connectivity index (χ2n) is 9.10. The number of carbonyl (C=O) groups excluding carboxylic acids is 1.